The van der Waals surface area contributed by atoms with Gasteiger partial charge in [-0.05, 0) is 40.0 Å². The van der Waals surface area contributed by atoms with Gasteiger partial charge in [0.25, 0.3) is 5.56 Å². The Hall–Kier alpha value is -1.72. The molecule has 126 valence electrons. The Morgan fingerprint density at radius 3 is 2.45 bits per heavy atom. The van der Waals surface area contributed by atoms with E-state index in [-0.39, 0.29) is 11.6 Å². The number of aromatic amines is 1. The molecule has 0 aliphatic rings. The van der Waals surface area contributed by atoms with Crippen LogP contribution >= 0.6 is 0 Å². The van der Waals surface area contributed by atoms with Gasteiger partial charge in [-0.2, -0.15) is 0 Å². The highest BCUT2D eigenvalue weighted by Crippen LogP contribution is 2.19. The molecule has 1 unspecified atom stereocenters. The molecule has 0 aliphatic carbocycles. The summed E-state index contributed by atoms with van der Waals surface area (Å²) < 4.78 is 6.94. The SMILES string of the molecule is CC(C)CCn1[nH]c(C(C)N(C)C(=O)OC(C)(C)C)cc1=O. The van der Waals surface area contributed by atoms with Gasteiger partial charge in [-0.1, -0.05) is 13.8 Å². The lowest BCUT2D eigenvalue weighted by molar-refractivity contribution is 0.0230. The Bertz CT molecular complexity index is 552. The molecule has 1 aromatic heterocycles. The topological polar surface area (TPSA) is 67.3 Å². The average Bonchev–Trinajstić information content (AvgIpc) is 2.74. The zero-order valence-corrected chi connectivity index (χ0v) is 14.8. The van der Waals surface area contributed by atoms with Crippen molar-refractivity contribution in [2.24, 2.45) is 5.92 Å². The maximum atomic E-state index is 12.1. The first-order valence-electron chi connectivity index (χ1n) is 7.77. The van der Waals surface area contributed by atoms with Crippen LogP contribution in [0.3, 0.4) is 0 Å². The van der Waals surface area contributed by atoms with Gasteiger partial charge < -0.3 is 9.64 Å². The summed E-state index contributed by atoms with van der Waals surface area (Å²) >= 11 is 0. The summed E-state index contributed by atoms with van der Waals surface area (Å²) in [4.78, 5) is 25.5. The van der Waals surface area contributed by atoms with E-state index in [1.165, 1.54) is 4.90 Å². The minimum atomic E-state index is -0.540. The van der Waals surface area contributed by atoms with E-state index < -0.39 is 11.7 Å². The van der Waals surface area contributed by atoms with Crippen molar-refractivity contribution < 1.29 is 9.53 Å². The molecule has 22 heavy (non-hydrogen) atoms. The van der Waals surface area contributed by atoms with Gasteiger partial charge in [0.2, 0.25) is 0 Å². The summed E-state index contributed by atoms with van der Waals surface area (Å²) in [6, 6.07) is 1.29. The molecule has 0 spiro atoms. The van der Waals surface area contributed by atoms with Gasteiger partial charge in [-0.15, -0.1) is 0 Å². The molecule has 0 aromatic carbocycles. The smallest absolute Gasteiger partial charge is 0.410 e. The zero-order chi connectivity index (χ0) is 17.1. The fourth-order valence-corrected chi connectivity index (χ4v) is 1.92. The zero-order valence-electron chi connectivity index (χ0n) is 14.8. The number of carbonyl (C=O) groups excluding carboxylic acids is 1. The second-order valence-electron chi connectivity index (χ2n) is 7.15. The lowest BCUT2D eigenvalue weighted by atomic mass is 10.1. The standard InChI is InChI=1S/C16H29N3O3/c1-11(2)8-9-19-14(20)10-13(17-19)12(3)18(7)15(21)22-16(4,5)6/h10-12,17H,8-9H2,1-7H3. The van der Waals surface area contributed by atoms with Crippen LogP contribution in [0.5, 0.6) is 0 Å². The van der Waals surface area contributed by atoms with Gasteiger partial charge in [-0.25, -0.2) is 4.79 Å². The number of rotatable bonds is 5. The van der Waals surface area contributed by atoms with Crippen LogP contribution in [0, 0.1) is 5.92 Å². The number of aryl methyl sites for hydroxylation is 1. The van der Waals surface area contributed by atoms with E-state index in [0.717, 1.165) is 6.42 Å². The highest BCUT2D eigenvalue weighted by Gasteiger charge is 2.25. The number of nitrogens with one attached hydrogen (secondary N) is 1. The fourth-order valence-electron chi connectivity index (χ4n) is 1.92. The van der Waals surface area contributed by atoms with Gasteiger partial charge in [0.15, 0.2) is 0 Å². The monoisotopic (exact) mass is 311 g/mol. The van der Waals surface area contributed by atoms with Crippen molar-refractivity contribution in [2.45, 2.75) is 66.2 Å². The maximum Gasteiger partial charge on any atom is 0.410 e. The molecule has 1 aromatic rings. The molecule has 1 atom stereocenters. The van der Waals surface area contributed by atoms with Crippen molar-refractivity contribution in [3.05, 3.63) is 22.1 Å². The molecule has 1 N–H and O–H groups in total. The average molecular weight is 311 g/mol. The Kier molecular flexibility index (Phi) is 5.85. The molecule has 6 nitrogen and oxygen atoms in total. The molecule has 0 saturated heterocycles. The quantitative estimate of drug-likeness (QED) is 0.908. The summed E-state index contributed by atoms with van der Waals surface area (Å²) in [7, 11) is 1.67. The summed E-state index contributed by atoms with van der Waals surface area (Å²) in [6.45, 7) is 12.2. The van der Waals surface area contributed by atoms with Crippen molar-refractivity contribution in [3.63, 3.8) is 0 Å². The highest BCUT2D eigenvalue weighted by atomic mass is 16.6. The van der Waals surface area contributed by atoms with Gasteiger partial charge in [0.05, 0.1) is 11.7 Å². The largest absolute Gasteiger partial charge is 0.444 e. The third kappa shape index (κ3) is 5.24. The van der Waals surface area contributed by atoms with Crippen LogP contribution in [-0.2, 0) is 11.3 Å². The highest BCUT2D eigenvalue weighted by molar-refractivity contribution is 5.68. The van der Waals surface area contributed by atoms with Crippen molar-refractivity contribution in [3.8, 4) is 0 Å². The van der Waals surface area contributed by atoms with Gasteiger partial charge in [0.1, 0.15) is 5.60 Å². The lowest BCUT2D eigenvalue weighted by Crippen LogP contribution is -2.35. The number of hydrogen-bond acceptors (Lipinski definition) is 3. The van der Waals surface area contributed by atoms with Crippen LogP contribution in [0.15, 0.2) is 10.9 Å². The molecular formula is C16H29N3O3. The van der Waals surface area contributed by atoms with Crippen LogP contribution in [0.4, 0.5) is 4.79 Å². The van der Waals surface area contributed by atoms with Crippen LogP contribution in [-0.4, -0.2) is 33.4 Å². The van der Waals surface area contributed by atoms with Crippen molar-refractivity contribution in [1.29, 1.82) is 0 Å². The first kappa shape index (κ1) is 18.3. The summed E-state index contributed by atoms with van der Waals surface area (Å²) in [5.41, 5.74) is 0.101. The predicted octanol–water partition coefficient (Wildman–Crippen LogP) is 3.15. The minimum absolute atomic E-state index is 0.0694. The van der Waals surface area contributed by atoms with E-state index in [2.05, 4.69) is 18.9 Å². The van der Waals surface area contributed by atoms with Crippen LogP contribution < -0.4 is 5.56 Å². The minimum Gasteiger partial charge on any atom is -0.444 e. The Labute approximate surface area is 132 Å². The number of nitrogens with zero attached hydrogens (tertiary/aromatic N) is 2. The molecular weight excluding hydrogens is 282 g/mol. The third-order valence-electron chi connectivity index (χ3n) is 3.45. The van der Waals surface area contributed by atoms with E-state index in [1.54, 1.807) is 17.8 Å². The first-order valence-corrected chi connectivity index (χ1v) is 7.77. The normalized spacial score (nSPS) is 13.3. The number of carbonyl (C=O) groups is 1. The molecule has 1 heterocycles. The van der Waals surface area contributed by atoms with Crippen molar-refractivity contribution in [2.75, 3.05) is 7.05 Å². The molecule has 1 amide bonds. The summed E-state index contributed by atoms with van der Waals surface area (Å²) in [6.07, 6.45) is 0.520. The van der Waals surface area contributed by atoms with Crippen LogP contribution in [0.1, 0.15) is 59.7 Å². The summed E-state index contributed by atoms with van der Waals surface area (Å²) in [5.74, 6) is 0.528. The Morgan fingerprint density at radius 1 is 1.36 bits per heavy atom. The summed E-state index contributed by atoms with van der Waals surface area (Å²) in [5, 5.41) is 3.09. The fraction of sp³-hybridized carbons (Fsp3) is 0.750. The third-order valence-corrected chi connectivity index (χ3v) is 3.45. The molecule has 0 bridgehead atoms. The maximum absolute atomic E-state index is 12.1. The first-order chi connectivity index (χ1) is 10.0. The number of amides is 1. The van der Waals surface area contributed by atoms with Gasteiger partial charge in [0, 0.05) is 19.7 Å². The van der Waals surface area contributed by atoms with Crippen molar-refractivity contribution >= 4 is 6.09 Å². The Morgan fingerprint density at radius 2 is 1.95 bits per heavy atom. The van der Waals surface area contributed by atoms with E-state index in [1.807, 2.05) is 27.7 Å². The second kappa shape index (κ2) is 7.03. The van der Waals surface area contributed by atoms with Crippen LogP contribution in [0.25, 0.3) is 0 Å². The Balaban J connectivity index is 2.80. The molecule has 1 rings (SSSR count). The number of ether oxygens (including phenoxy) is 1. The second-order valence-corrected chi connectivity index (χ2v) is 7.15. The van der Waals surface area contributed by atoms with Gasteiger partial charge >= 0.3 is 6.09 Å². The molecule has 0 aliphatic heterocycles. The van der Waals surface area contributed by atoms with Crippen molar-refractivity contribution in [1.82, 2.24) is 14.7 Å². The van der Waals surface area contributed by atoms with E-state index >= 15 is 0 Å². The molecule has 0 saturated carbocycles. The molecule has 0 radical (unpaired) electrons. The number of hydrogen-bond donors (Lipinski definition) is 1. The molecule has 6 heteroatoms. The van der Waals surface area contributed by atoms with E-state index in [9.17, 15) is 9.59 Å². The lowest BCUT2D eigenvalue weighted by Gasteiger charge is -2.28. The number of H-pyrrole nitrogens is 1. The van der Waals surface area contributed by atoms with E-state index in [0.29, 0.717) is 18.2 Å². The van der Waals surface area contributed by atoms with Crippen LogP contribution in [0.2, 0.25) is 0 Å². The molecule has 0 fully saturated rings. The van der Waals surface area contributed by atoms with Gasteiger partial charge in [-0.3, -0.25) is 14.6 Å². The van der Waals surface area contributed by atoms with E-state index in [4.69, 9.17) is 4.74 Å². The predicted molar refractivity (Wildman–Crippen MR) is 86.9 cm³/mol. The number of aromatic nitrogens is 2.